The number of rotatable bonds is 6. The Kier molecular flexibility index (Phi) is 5.08. The predicted molar refractivity (Wildman–Crippen MR) is 89.7 cm³/mol. The largest absolute Gasteiger partial charge is 0.360 e. The zero-order chi connectivity index (χ0) is 16.1. The third-order valence-corrected chi connectivity index (χ3v) is 4.59. The van der Waals surface area contributed by atoms with Crippen LogP contribution in [0.25, 0.3) is 10.9 Å². The molecule has 1 aromatic carbocycles. The number of Topliss-reactive ketones (excluding diaryl/α,β-unsaturated/α-hetero) is 1. The van der Waals surface area contributed by atoms with E-state index in [1.807, 2.05) is 24.3 Å². The second-order valence-electron chi connectivity index (χ2n) is 6.25. The van der Waals surface area contributed by atoms with E-state index in [2.05, 4.69) is 10.3 Å². The summed E-state index contributed by atoms with van der Waals surface area (Å²) in [5.41, 5.74) is 1.32. The van der Waals surface area contributed by atoms with Crippen molar-refractivity contribution in [3.8, 4) is 0 Å². The molecule has 1 fully saturated rings. The topological polar surface area (TPSA) is 66.4 Å². The van der Waals surface area contributed by atoms with E-state index in [0.717, 1.165) is 23.9 Å². The number of ketones is 1. The van der Waals surface area contributed by atoms with E-state index in [1.54, 1.807) is 11.1 Å². The third-order valence-electron chi connectivity index (χ3n) is 4.59. The quantitative estimate of drug-likeness (QED) is 0.422. The molecule has 3 N–H and O–H groups in total. The van der Waals surface area contributed by atoms with Crippen LogP contribution < -0.4 is 10.2 Å². The number of hydrogen-bond donors (Lipinski definition) is 3. The van der Waals surface area contributed by atoms with Crippen molar-refractivity contribution in [1.29, 1.82) is 0 Å². The standard InChI is InChI=1S/C18H23N3O2/c22-17(15-13-20-16-8-3-2-7-14(15)16)18(23)19-9-6-12-21-10-4-1-5-11-21/h2-3,7-8,13,20H,1,4-6,9-12H2,(H,19,23)/p+1. The SMILES string of the molecule is O=C(NCCC[NH+]1CCCCC1)C(=O)c1c[nH]c2ccccc12. The molecule has 1 aliphatic heterocycles. The van der Waals surface area contributed by atoms with Gasteiger partial charge in [-0.05, 0) is 25.3 Å². The van der Waals surface area contributed by atoms with Crippen LogP contribution in [-0.4, -0.2) is 42.9 Å². The first-order chi connectivity index (χ1) is 11.3. The minimum absolute atomic E-state index is 0.444. The van der Waals surface area contributed by atoms with Gasteiger partial charge in [-0.15, -0.1) is 0 Å². The van der Waals surface area contributed by atoms with Gasteiger partial charge in [-0.25, -0.2) is 0 Å². The molecule has 2 aromatic rings. The number of H-pyrrole nitrogens is 1. The first-order valence-corrected chi connectivity index (χ1v) is 8.48. The Morgan fingerprint density at radius 3 is 2.74 bits per heavy atom. The molecule has 0 radical (unpaired) electrons. The number of quaternary nitrogens is 1. The second-order valence-corrected chi connectivity index (χ2v) is 6.25. The maximum absolute atomic E-state index is 12.3. The van der Waals surface area contributed by atoms with Crippen LogP contribution >= 0.6 is 0 Å². The van der Waals surface area contributed by atoms with Gasteiger partial charge in [0, 0.05) is 30.1 Å². The van der Waals surface area contributed by atoms with Gasteiger partial charge in [0.25, 0.3) is 11.7 Å². The molecule has 0 aliphatic carbocycles. The van der Waals surface area contributed by atoms with E-state index in [4.69, 9.17) is 0 Å². The number of aromatic nitrogens is 1. The molecule has 2 heterocycles. The summed E-state index contributed by atoms with van der Waals surface area (Å²) in [5.74, 6) is -0.976. The summed E-state index contributed by atoms with van der Waals surface area (Å²) in [7, 11) is 0. The van der Waals surface area contributed by atoms with E-state index in [1.165, 1.54) is 32.4 Å². The van der Waals surface area contributed by atoms with Crippen molar-refractivity contribution in [2.45, 2.75) is 25.7 Å². The molecule has 5 nitrogen and oxygen atoms in total. The first-order valence-electron chi connectivity index (χ1n) is 8.48. The predicted octanol–water partition coefficient (Wildman–Crippen LogP) is 0.926. The van der Waals surface area contributed by atoms with Gasteiger partial charge in [-0.2, -0.15) is 0 Å². The summed E-state index contributed by atoms with van der Waals surface area (Å²) in [5, 5.41) is 3.56. The van der Waals surface area contributed by atoms with Crippen LogP contribution in [0.3, 0.4) is 0 Å². The monoisotopic (exact) mass is 314 g/mol. The maximum atomic E-state index is 12.3. The van der Waals surface area contributed by atoms with Crippen LogP contribution in [0, 0.1) is 0 Å². The number of benzene rings is 1. The Morgan fingerprint density at radius 1 is 1.13 bits per heavy atom. The van der Waals surface area contributed by atoms with E-state index in [0.29, 0.717) is 12.1 Å². The average Bonchev–Trinajstić information content (AvgIpc) is 3.03. The van der Waals surface area contributed by atoms with E-state index in [-0.39, 0.29) is 0 Å². The number of nitrogens with one attached hydrogen (secondary N) is 3. The first kappa shape index (κ1) is 15.7. The Balaban J connectivity index is 1.49. The van der Waals surface area contributed by atoms with E-state index < -0.39 is 11.7 Å². The molecule has 5 heteroatoms. The zero-order valence-electron chi connectivity index (χ0n) is 13.4. The van der Waals surface area contributed by atoms with Crippen molar-refractivity contribution >= 4 is 22.6 Å². The number of para-hydroxylation sites is 1. The number of amides is 1. The smallest absolute Gasteiger partial charge is 0.292 e. The molecular weight excluding hydrogens is 290 g/mol. The van der Waals surface area contributed by atoms with Crippen molar-refractivity contribution in [3.05, 3.63) is 36.0 Å². The molecule has 0 atom stereocenters. The average molecular weight is 314 g/mol. The van der Waals surface area contributed by atoms with E-state index >= 15 is 0 Å². The fourth-order valence-corrected chi connectivity index (χ4v) is 3.30. The van der Waals surface area contributed by atoms with Gasteiger partial charge in [-0.3, -0.25) is 9.59 Å². The van der Waals surface area contributed by atoms with E-state index in [9.17, 15) is 9.59 Å². The molecule has 23 heavy (non-hydrogen) atoms. The van der Waals surface area contributed by atoms with Crippen LogP contribution in [0.5, 0.6) is 0 Å². The summed E-state index contributed by atoms with van der Waals surface area (Å²) in [6.07, 6.45) is 6.49. The maximum Gasteiger partial charge on any atom is 0.292 e. The molecule has 1 saturated heterocycles. The summed E-state index contributed by atoms with van der Waals surface area (Å²) in [6.45, 7) is 4.11. The summed E-state index contributed by atoms with van der Waals surface area (Å²) < 4.78 is 0. The molecule has 122 valence electrons. The summed E-state index contributed by atoms with van der Waals surface area (Å²) >= 11 is 0. The minimum Gasteiger partial charge on any atom is -0.360 e. The third kappa shape index (κ3) is 3.79. The number of aromatic amines is 1. The Bertz CT molecular complexity index is 686. The molecular formula is C18H24N3O2+. The highest BCUT2D eigenvalue weighted by atomic mass is 16.2. The van der Waals surface area contributed by atoms with Crippen molar-refractivity contribution in [2.24, 2.45) is 0 Å². The molecule has 1 aliphatic rings. The van der Waals surface area contributed by atoms with Gasteiger partial charge in [0.15, 0.2) is 0 Å². The Morgan fingerprint density at radius 2 is 1.91 bits per heavy atom. The molecule has 3 rings (SSSR count). The van der Waals surface area contributed by atoms with Crippen LogP contribution in [0.2, 0.25) is 0 Å². The highest BCUT2D eigenvalue weighted by Gasteiger charge is 2.19. The highest BCUT2D eigenvalue weighted by molar-refractivity contribution is 6.44. The Hall–Kier alpha value is -2.14. The van der Waals surface area contributed by atoms with Gasteiger partial charge in [0.1, 0.15) is 0 Å². The van der Waals surface area contributed by atoms with Gasteiger partial charge >= 0.3 is 0 Å². The molecule has 0 bridgehead atoms. The number of fused-ring (bicyclic) bond motifs is 1. The van der Waals surface area contributed by atoms with Crippen molar-refractivity contribution in [1.82, 2.24) is 10.3 Å². The fraction of sp³-hybridized carbons (Fsp3) is 0.444. The summed E-state index contributed by atoms with van der Waals surface area (Å²) in [6, 6.07) is 7.51. The number of hydrogen-bond acceptors (Lipinski definition) is 2. The van der Waals surface area contributed by atoms with Gasteiger partial charge < -0.3 is 15.2 Å². The van der Waals surface area contributed by atoms with Gasteiger partial charge in [0.05, 0.1) is 25.2 Å². The van der Waals surface area contributed by atoms with Gasteiger partial charge in [-0.1, -0.05) is 18.2 Å². The normalized spacial score (nSPS) is 15.7. The van der Waals surface area contributed by atoms with Crippen molar-refractivity contribution in [2.75, 3.05) is 26.2 Å². The lowest BCUT2D eigenvalue weighted by molar-refractivity contribution is -0.904. The molecule has 1 aromatic heterocycles. The van der Waals surface area contributed by atoms with Gasteiger partial charge in [0.2, 0.25) is 0 Å². The van der Waals surface area contributed by atoms with Crippen molar-refractivity contribution < 1.29 is 14.5 Å². The lowest BCUT2D eigenvalue weighted by Crippen LogP contribution is -3.12. The number of likely N-dealkylation sites (tertiary alicyclic amines) is 1. The van der Waals surface area contributed by atoms with Crippen LogP contribution in [0.1, 0.15) is 36.0 Å². The molecule has 1 amide bonds. The molecule has 0 saturated carbocycles. The zero-order valence-corrected chi connectivity index (χ0v) is 13.4. The minimum atomic E-state index is -0.511. The highest BCUT2D eigenvalue weighted by Crippen LogP contribution is 2.17. The number of carbonyl (C=O) groups is 2. The molecule has 0 unspecified atom stereocenters. The fourth-order valence-electron chi connectivity index (χ4n) is 3.30. The van der Waals surface area contributed by atoms with Crippen LogP contribution in [-0.2, 0) is 4.79 Å². The summed E-state index contributed by atoms with van der Waals surface area (Å²) in [4.78, 5) is 29.0. The lowest BCUT2D eigenvalue weighted by atomic mass is 10.1. The Labute approximate surface area is 136 Å². The number of carbonyl (C=O) groups excluding carboxylic acids is 2. The van der Waals surface area contributed by atoms with Crippen LogP contribution in [0.4, 0.5) is 0 Å². The second kappa shape index (κ2) is 7.42. The van der Waals surface area contributed by atoms with Crippen molar-refractivity contribution in [3.63, 3.8) is 0 Å². The van der Waals surface area contributed by atoms with Crippen LogP contribution in [0.15, 0.2) is 30.5 Å². The molecule has 0 spiro atoms. The number of piperidine rings is 1. The lowest BCUT2D eigenvalue weighted by Gasteiger charge is -2.23.